The smallest absolute Gasteiger partial charge is 0.298 e. The van der Waals surface area contributed by atoms with Crippen LogP contribution in [0.1, 0.15) is 47.8 Å². The van der Waals surface area contributed by atoms with E-state index in [1.54, 1.807) is 4.52 Å². The number of nitrogens with one attached hydrogen (secondary N) is 1. The zero-order valence-electron chi connectivity index (χ0n) is 14.9. The Morgan fingerprint density at radius 1 is 1.33 bits per heavy atom. The van der Waals surface area contributed by atoms with E-state index in [0.717, 1.165) is 49.4 Å². The van der Waals surface area contributed by atoms with Crippen molar-refractivity contribution in [3.05, 3.63) is 52.3 Å². The van der Waals surface area contributed by atoms with E-state index in [4.69, 9.17) is 11.6 Å². The topological polar surface area (TPSA) is 61.8 Å². The van der Waals surface area contributed by atoms with Gasteiger partial charge in [0.15, 0.2) is 12.0 Å². The van der Waals surface area contributed by atoms with Crippen LogP contribution < -0.4 is 4.52 Å². The zero-order valence-corrected chi connectivity index (χ0v) is 15.6. The Bertz CT molecular complexity index is 940. The average molecular weight is 394 g/mol. The molecular weight excluding hydrogens is 374 g/mol. The molecule has 6 nitrogen and oxygen atoms in total. The molecule has 1 aliphatic rings. The molecular formula is C18H20ClF2N6+. The van der Waals surface area contributed by atoms with Crippen molar-refractivity contribution in [3.8, 4) is 0 Å². The molecule has 4 rings (SSSR count). The first-order chi connectivity index (χ1) is 13.0. The molecule has 1 atom stereocenters. The van der Waals surface area contributed by atoms with Gasteiger partial charge in [0, 0.05) is 30.8 Å². The van der Waals surface area contributed by atoms with Gasteiger partial charge in [-0.25, -0.2) is 18.9 Å². The summed E-state index contributed by atoms with van der Waals surface area (Å²) in [7, 11) is 0. The Kier molecular flexibility index (Phi) is 5.01. The van der Waals surface area contributed by atoms with Gasteiger partial charge in [-0.2, -0.15) is 0 Å². The maximum atomic E-state index is 13.2. The Labute approximate surface area is 160 Å². The first kappa shape index (κ1) is 18.2. The van der Waals surface area contributed by atoms with Crippen molar-refractivity contribution in [2.75, 3.05) is 13.1 Å². The second-order valence-electron chi connectivity index (χ2n) is 6.94. The summed E-state index contributed by atoms with van der Waals surface area (Å²) in [5.74, 6) is 0.391. The number of aromatic amines is 1. The van der Waals surface area contributed by atoms with Crippen LogP contribution >= 0.6 is 11.6 Å². The second kappa shape index (κ2) is 7.44. The van der Waals surface area contributed by atoms with E-state index in [9.17, 15) is 8.78 Å². The molecule has 27 heavy (non-hydrogen) atoms. The fraction of sp³-hybridized carbons (Fsp3) is 0.444. The molecule has 142 valence electrons. The highest BCUT2D eigenvalue weighted by atomic mass is 35.5. The lowest BCUT2D eigenvalue weighted by molar-refractivity contribution is -0.590. The molecule has 0 spiro atoms. The van der Waals surface area contributed by atoms with Crippen molar-refractivity contribution < 1.29 is 13.3 Å². The van der Waals surface area contributed by atoms with Crippen molar-refractivity contribution in [2.24, 2.45) is 0 Å². The zero-order chi connectivity index (χ0) is 19.0. The quantitative estimate of drug-likeness (QED) is 0.546. The Morgan fingerprint density at radius 2 is 2.19 bits per heavy atom. The monoisotopic (exact) mass is 393 g/mol. The van der Waals surface area contributed by atoms with Crippen molar-refractivity contribution in [3.63, 3.8) is 0 Å². The summed E-state index contributed by atoms with van der Waals surface area (Å²) in [6.45, 7) is 4.40. The summed E-state index contributed by atoms with van der Waals surface area (Å²) in [6.07, 6.45) is 0.779. The number of hydrogen-bond acceptors (Lipinski definition) is 4. The fourth-order valence-corrected chi connectivity index (χ4v) is 4.06. The van der Waals surface area contributed by atoms with Crippen LogP contribution in [0.15, 0.2) is 24.5 Å². The number of hydrogen-bond donors (Lipinski definition) is 1. The first-order valence-corrected chi connectivity index (χ1v) is 9.27. The van der Waals surface area contributed by atoms with E-state index in [0.29, 0.717) is 5.15 Å². The van der Waals surface area contributed by atoms with Crippen molar-refractivity contribution >= 4 is 17.4 Å². The number of halogens is 3. The largest absolute Gasteiger partial charge is 0.457 e. The molecule has 1 fully saturated rings. The van der Waals surface area contributed by atoms with Gasteiger partial charge < -0.3 is 0 Å². The van der Waals surface area contributed by atoms with Crippen LogP contribution in [0.4, 0.5) is 8.78 Å². The van der Waals surface area contributed by atoms with Gasteiger partial charge >= 0.3 is 5.78 Å². The summed E-state index contributed by atoms with van der Waals surface area (Å²) >= 11 is 6.07. The standard InChI is InChI=1S/C18H19ClF2N6/c1-11-5-12(6-16(19)24-11)8-26-4-2-3-13(9-26)15-7-14(17(20)21)25-18-22-10-23-27(15)18/h5-7,10,13,17H,2-4,8-9H2,1H3/p+1/t13-/m0/s1. The van der Waals surface area contributed by atoms with Crippen LogP contribution in [0, 0.1) is 6.92 Å². The number of rotatable bonds is 4. The van der Waals surface area contributed by atoms with Crippen LogP contribution in [-0.2, 0) is 6.54 Å². The van der Waals surface area contributed by atoms with E-state index in [1.165, 1.54) is 12.4 Å². The number of pyridine rings is 1. The normalized spacial score (nSPS) is 18.5. The summed E-state index contributed by atoms with van der Waals surface area (Å²) < 4.78 is 28.2. The van der Waals surface area contributed by atoms with Crippen LogP contribution in [0.25, 0.3) is 5.78 Å². The lowest BCUT2D eigenvalue weighted by Crippen LogP contribution is -2.40. The average Bonchev–Trinajstić information content (AvgIpc) is 3.08. The minimum atomic E-state index is -2.62. The third kappa shape index (κ3) is 3.91. The van der Waals surface area contributed by atoms with Gasteiger partial charge in [0.05, 0.1) is 0 Å². The maximum absolute atomic E-state index is 13.2. The van der Waals surface area contributed by atoms with E-state index in [-0.39, 0.29) is 17.4 Å². The molecule has 1 saturated heterocycles. The first-order valence-electron chi connectivity index (χ1n) is 8.89. The molecule has 0 amide bonds. The lowest BCUT2D eigenvalue weighted by Gasteiger charge is -2.32. The molecule has 0 aliphatic carbocycles. The Balaban J connectivity index is 1.59. The van der Waals surface area contributed by atoms with Crippen molar-refractivity contribution in [1.82, 2.24) is 25.0 Å². The number of aromatic nitrogens is 5. The van der Waals surface area contributed by atoms with E-state index < -0.39 is 6.43 Å². The van der Waals surface area contributed by atoms with E-state index in [2.05, 4.69) is 25.0 Å². The number of alkyl halides is 2. The summed E-state index contributed by atoms with van der Waals surface area (Å²) in [4.78, 5) is 14.5. The molecule has 0 aromatic carbocycles. The number of fused-ring (bicyclic) bond motifs is 1. The van der Waals surface area contributed by atoms with Gasteiger partial charge in [-0.15, -0.1) is 4.52 Å². The molecule has 1 N–H and O–H groups in total. The van der Waals surface area contributed by atoms with Gasteiger partial charge in [0.2, 0.25) is 0 Å². The number of H-pyrrole nitrogens is 1. The van der Waals surface area contributed by atoms with Crippen molar-refractivity contribution in [1.29, 1.82) is 0 Å². The predicted octanol–water partition coefficient (Wildman–Crippen LogP) is 3.22. The lowest BCUT2D eigenvalue weighted by atomic mass is 9.93. The Hall–Kier alpha value is -2.19. The van der Waals surface area contributed by atoms with E-state index >= 15 is 0 Å². The summed E-state index contributed by atoms with van der Waals surface area (Å²) in [5, 5.41) is 3.47. The predicted molar refractivity (Wildman–Crippen MR) is 95.7 cm³/mol. The highest BCUT2D eigenvalue weighted by Gasteiger charge is 2.29. The minimum absolute atomic E-state index is 0.116. The number of piperidine rings is 1. The Morgan fingerprint density at radius 3 is 2.96 bits per heavy atom. The number of nitrogens with zero attached hydrogens (tertiary/aromatic N) is 5. The molecule has 3 aromatic heterocycles. The summed E-state index contributed by atoms with van der Waals surface area (Å²) in [5.41, 5.74) is 2.55. The highest BCUT2D eigenvalue weighted by molar-refractivity contribution is 6.29. The van der Waals surface area contributed by atoms with Gasteiger partial charge in [0.25, 0.3) is 6.43 Å². The molecule has 9 heteroatoms. The van der Waals surface area contributed by atoms with Crippen LogP contribution in [0.3, 0.4) is 0 Å². The number of aryl methyl sites for hydroxylation is 1. The minimum Gasteiger partial charge on any atom is -0.298 e. The molecule has 4 heterocycles. The third-order valence-corrected chi connectivity index (χ3v) is 5.08. The molecule has 0 radical (unpaired) electrons. The molecule has 0 bridgehead atoms. The van der Waals surface area contributed by atoms with Crippen LogP contribution in [0.5, 0.6) is 0 Å². The van der Waals surface area contributed by atoms with Gasteiger partial charge in [-0.05, 0) is 44.0 Å². The van der Waals surface area contributed by atoms with Crippen molar-refractivity contribution in [2.45, 2.75) is 38.7 Å². The van der Waals surface area contributed by atoms with Crippen LogP contribution in [0.2, 0.25) is 5.15 Å². The highest BCUT2D eigenvalue weighted by Crippen LogP contribution is 2.28. The fourth-order valence-electron chi connectivity index (χ4n) is 3.79. The molecule has 0 unspecified atom stereocenters. The summed E-state index contributed by atoms with van der Waals surface area (Å²) in [6, 6.07) is 5.40. The van der Waals surface area contributed by atoms with Gasteiger partial charge in [-0.3, -0.25) is 4.90 Å². The molecule has 1 aliphatic heterocycles. The maximum Gasteiger partial charge on any atom is 0.457 e. The van der Waals surface area contributed by atoms with Crippen LogP contribution in [-0.4, -0.2) is 38.0 Å². The molecule has 0 saturated carbocycles. The third-order valence-electron chi connectivity index (χ3n) is 4.89. The van der Waals surface area contributed by atoms with E-state index in [1.807, 2.05) is 19.1 Å². The van der Waals surface area contributed by atoms with Gasteiger partial charge in [0.1, 0.15) is 10.8 Å². The SMILES string of the molecule is Cc1cc(CN2CCC[C@H](c3cc(C(F)F)nc4nc[nH][n+]34)C2)cc(Cl)n1. The molecule has 3 aromatic rings. The second-order valence-corrected chi connectivity index (χ2v) is 7.33. The number of likely N-dealkylation sites (tertiary alicyclic amines) is 1. The van der Waals surface area contributed by atoms with Gasteiger partial charge in [-0.1, -0.05) is 21.6 Å².